The van der Waals surface area contributed by atoms with Crippen molar-refractivity contribution in [3.05, 3.63) is 24.3 Å². The molecule has 4 atom stereocenters. The fourth-order valence-corrected chi connectivity index (χ4v) is 8.46. The van der Waals surface area contributed by atoms with Gasteiger partial charge in [-0.15, -0.1) is 0 Å². The summed E-state index contributed by atoms with van der Waals surface area (Å²) in [5.41, 5.74) is 6.65. The van der Waals surface area contributed by atoms with Crippen LogP contribution in [0, 0.1) is 28.6 Å². The Labute approximate surface area is 218 Å². The minimum atomic E-state index is -3.85. The number of carbonyl (C=O) groups is 2. The van der Waals surface area contributed by atoms with Crippen LogP contribution in [0.5, 0.6) is 0 Å². The minimum absolute atomic E-state index is 0.0118. The Balaban J connectivity index is 1.17. The molecule has 4 bridgehead atoms. The first-order valence-corrected chi connectivity index (χ1v) is 14.9. The maximum Gasteiger partial charge on any atom is 0.319 e. The number of primary sulfonamides is 1. The molecule has 0 radical (unpaired) electrons. The van der Waals surface area contributed by atoms with E-state index in [4.69, 9.17) is 15.6 Å². The third kappa shape index (κ3) is 6.10. The lowest BCUT2D eigenvalue weighted by Crippen LogP contribution is -2.59. The molecule has 4 unspecified atom stereocenters. The Kier molecular flexibility index (Phi) is 7.25. The molecule has 7 N–H and O–H groups in total. The van der Waals surface area contributed by atoms with Gasteiger partial charge in [0.05, 0.1) is 10.9 Å². The molecule has 0 aromatic heterocycles. The quantitative estimate of drug-likeness (QED) is 0.325. The van der Waals surface area contributed by atoms with Crippen molar-refractivity contribution in [2.75, 3.05) is 31.6 Å². The van der Waals surface area contributed by atoms with Crippen LogP contribution >= 0.6 is 0 Å². The highest BCUT2D eigenvalue weighted by Crippen LogP contribution is 2.64. The van der Waals surface area contributed by atoms with Crippen molar-refractivity contribution in [3.8, 4) is 0 Å². The lowest BCUT2D eigenvalue weighted by molar-refractivity contribution is -0.128. The molecule has 1 heterocycles. The first-order valence-electron chi connectivity index (χ1n) is 13.3. The second-order valence-corrected chi connectivity index (χ2v) is 13.7. The van der Waals surface area contributed by atoms with Gasteiger partial charge in [-0.3, -0.25) is 4.79 Å². The van der Waals surface area contributed by atoms with E-state index in [9.17, 15) is 18.0 Å². The van der Waals surface area contributed by atoms with Crippen LogP contribution in [0.15, 0.2) is 29.2 Å². The van der Waals surface area contributed by atoms with Crippen LogP contribution in [0.4, 0.5) is 10.5 Å². The standard InChI is InChI=1S/C26H39N5O5S/c27-22(7-17-4-5-36-13-17)23(32)29-15-25-9-18-6-19(10-25)12-26(11-18,14-25)16-30-24(33)31-20-2-1-3-21(8-20)37(28,34)35/h1-3,8,17-19,22H,4-7,9-16,27H2,(H,29,32)(H2,28,34,35)(H2,30,31,33). The number of hydrogen-bond donors (Lipinski definition) is 5. The number of hydrogen-bond acceptors (Lipinski definition) is 6. The number of rotatable bonds is 9. The van der Waals surface area contributed by atoms with Gasteiger partial charge in [-0.2, -0.15) is 0 Å². The minimum Gasteiger partial charge on any atom is -0.381 e. The highest BCUT2D eigenvalue weighted by Gasteiger charge is 2.57. The van der Waals surface area contributed by atoms with Crippen molar-refractivity contribution in [1.29, 1.82) is 0 Å². The van der Waals surface area contributed by atoms with E-state index in [2.05, 4.69) is 16.0 Å². The van der Waals surface area contributed by atoms with Crippen LogP contribution in [0.2, 0.25) is 0 Å². The van der Waals surface area contributed by atoms with Crippen LogP contribution in [0.25, 0.3) is 0 Å². The Morgan fingerprint density at radius 3 is 2.38 bits per heavy atom. The number of carbonyl (C=O) groups excluding carboxylic acids is 2. The van der Waals surface area contributed by atoms with Crippen LogP contribution < -0.4 is 26.8 Å². The Morgan fingerprint density at radius 2 is 1.76 bits per heavy atom. The molecule has 5 fully saturated rings. The number of ether oxygens (including phenoxy) is 1. The monoisotopic (exact) mass is 533 g/mol. The van der Waals surface area contributed by atoms with E-state index in [0.717, 1.165) is 45.1 Å². The summed E-state index contributed by atoms with van der Waals surface area (Å²) in [4.78, 5) is 25.4. The SMILES string of the molecule is NC(CC1CCOC1)C(=O)NCC12CC3CC(CC(CNC(=O)Nc4cccc(S(N)(=O)=O)c4)(C3)C1)C2. The molecule has 6 rings (SSSR count). The summed E-state index contributed by atoms with van der Waals surface area (Å²) in [6.07, 6.45) is 8.23. The summed E-state index contributed by atoms with van der Waals surface area (Å²) < 4.78 is 28.6. The van der Waals surface area contributed by atoms with E-state index in [-0.39, 0.29) is 27.7 Å². The summed E-state index contributed by atoms with van der Waals surface area (Å²) in [6.45, 7) is 2.63. The zero-order chi connectivity index (χ0) is 26.3. The average Bonchev–Trinajstić information content (AvgIpc) is 3.33. The number of urea groups is 1. The molecular weight excluding hydrogens is 494 g/mol. The number of sulfonamides is 1. The largest absolute Gasteiger partial charge is 0.381 e. The second-order valence-electron chi connectivity index (χ2n) is 12.1. The predicted octanol–water partition coefficient (Wildman–Crippen LogP) is 1.91. The first kappa shape index (κ1) is 26.4. The summed E-state index contributed by atoms with van der Waals surface area (Å²) in [5.74, 6) is 1.51. The summed E-state index contributed by atoms with van der Waals surface area (Å²) in [6, 6.07) is 5.03. The van der Waals surface area contributed by atoms with Gasteiger partial charge in [-0.1, -0.05) is 6.07 Å². The highest BCUT2D eigenvalue weighted by molar-refractivity contribution is 7.89. The number of anilines is 1. The average molecular weight is 534 g/mol. The van der Waals surface area contributed by atoms with E-state index in [1.807, 2.05) is 0 Å². The van der Waals surface area contributed by atoms with Crippen molar-refractivity contribution in [3.63, 3.8) is 0 Å². The normalized spacial score (nSPS) is 33.2. The lowest BCUT2D eigenvalue weighted by atomic mass is 9.44. The summed E-state index contributed by atoms with van der Waals surface area (Å²) in [7, 11) is -3.85. The van der Waals surface area contributed by atoms with Gasteiger partial charge in [0.25, 0.3) is 0 Å². The number of nitrogens with two attached hydrogens (primary N) is 2. The molecule has 4 saturated carbocycles. The topological polar surface area (TPSA) is 166 Å². The van der Waals surface area contributed by atoms with Crippen LogP contribution in [-0.2, 0) is 19.6 Å². The molecule has 37 heavy (non-hydrogen) atoms. The fraction of sp³-hybridized carbons (Fsp3) is 0.692. The van der Waals surface area contributed by atoms with Gasteiger partial charge in [0.2, 0.25) is 15.9 Å². The lowest BCUT2D eigenvalue weighted by Gasteiger charge is -2.62. The second kappa shape index (κ2) is 10.2. The van der Waals surface area contributed by atoms with Crippen molar-refractivity contribution in [2.24, 2.45) is 39.5 Å². The molecule has 10 nitrogen and oxygen atoms in total. The molecule has 3 amide bonds. The van der Waals surface area contributed by atoms with Crippen molar-refractivity contribution in [1.82, 2.24) is 10.6 Å². The molecule has 4 aliphatic carbocycles. The van der Waals surface area contributed by atoms with Crippen molar-refractivity contribution in [2.45, 2.75) is 62.3 Å². The van der Waals surface area contributed by atoms with Gasteiger partial charge in [-0.05, 0) is 98.1 Å². The number of benzene rings is 1. The molecule has 1 aliphatic heterocycles. The molecule has 1 aromatic rings. The van der Waals surface area contributed by atoms with Gasteiger partial charge < -0.3 is 26.4 Å². The maximum atomic E-state index is 12.8. The third-order valence-corrected chi connectivity index (χ3v) is 9.84. The predicted molar refractivity (Wildman–Crippen MR) is 139 cm³/mol. The van der Waals surface area contributed by atoms with Crippen molar-refractivity contribution < 1.29 is 22.7 Å². The maximum absolute atomic E-state index is 12.8. The van der Waals surface area contributed by atoms with Crippen LogP contribution in [-0.4, -0.2) is 52.7 Å². The Morgan fingerprint density at radius 1 is 1.08 bits per heavy atom. The zero-order valence-corrected chi connectivity index (χ0v) is 22.0. The van der Waals surface area contributed by atoms with Crippen LogP contribution in [0.3, 0.4) is 0 Å². The van der Waals surface area contributed by atoms with E-state index in [1.54, 1.807) is 12.1 Å². The number of amides is 3. The van der Waals surface area contributed by atoms with E-state index in [1.165, 1.54) is 18.6 Å². The zero-order valence-electron chi connectivity index (χ0n) is 21.2. The first-order chi connectivity index (χ1) is 17.5. The van der Waals surface area contributed by atoms with Gasteiger partial charge in [0.1, 0.15) is 0 Å². The summed E-state index contributed by atoms with van der Waals surface area (Å²) >= 11 is 0. The molecule has 0 spiro atoms. The van der Waals surface area contributed by atoms with E-state index >= 15 is 0 Å². The molecular formula is C26H39N5O5S. The van der Waals surface area contributed by atoms with Gasteiger partial charge in [0, 0.05) is 32.0 Å². The van der Waals surface area contributed by atoms with Gasteiger partial charge in [0.15, 0.2) is 0 Å². The summed E-state index contributed by atoms with van der Waals surface area (Å²) in [5, 5.41) is 14.1. The molecule has 204 valence electrons. The van der Waals surface area contributed by atoms with Crippen LogP contribution in [0.1, 0.15) is 51.4 Å². The Bertz CT molecular complexity index is 1120. The fourth-order valence-electron chi connectivity index (χ4n) is 7.90. The third-order valence-electron chi connectivity index (χ3n) is 8.93. The molecule has 11 heteroatoms. The molecule has 1 aromatic carbocycles. The van der Waals surface area contributed by atoms with E-state index in [0.29, 0.717) is 49.6 Å². The number of nitrogens with one attached hydrogen (secondary N) is 3. The smallest absolute Gasteiger partial charge is 0.319 e. The van der Waals surface area contributed by atoms with Crippen molar-refractivity contribution >= 4 is 27.6 Å². The molecule has 5 aliphatic rings. The van der Waals surface area contributed by atoms with E-state index < -0.39 is 16.1 Å². The highest BCUT2D eigenvalue weighted by atomic mass is 32.2. The Hall–Kier alpha value is -2.21. The molecule has 1 saturated heterocycles. The van der Waals surface area contributed by atoms with Gasteiger partial charge >= 0.3 is 6.03 Å². The van der Waals surface area contributed by atoms with Gasteiger partial charge in [-0.25, -0.2) is 18.4 Å².